The molecule has 1 saturated heterocycles. The van der Waals surface area contributed by atoms with Gasteiger partial charge in [-0.05, 0) is 37.1 Å². The quantitative estimate of drug-likeness (QED) is 0.797. The predicted octanol–water partition coefficient (Wildman–Crippen LogP) is 2.39. The fraction of sp³-hybridized carbons (Fsp3) is 0.478. The van der Waals surface area contributed by atoms with Crippen LogP contribution in [0, 0.1) is 5.82 Å². The predicted molar refractivity (Wildman–Crippen MR) is 116 cm³/mol. The Hall–Kier alpha value is -2.63. The number of carbonyl (C=O) groups is 1. The van der Waals surface area contributed by atoms with Gasteiger partial charge in [-0.3, -0.25) is 4.79 Å². The molecule has 0 saturated carbocycles. The lowest BCUT2D eigenvalue weighted by molar-refractivity contribution is -0.133. The van der Waals surface area contributed by atoms with Crippen molar-refractivity contribution < 1.29 is 9.18 Å². The largest absolute Gasteiger partial charge is 0.363 e. The Labute approximate surface area is 172 Å². The number of benzene rings is 1. The second-order valence-electron chi connectivity index (χ2n) is 7.93. The molecular weight excluding hydrogens is 367 g/mol. The van der Waals surface area contributed by atoms with Gasteiger partial charge in [-0.15, -0.1) is 0 Å². The number of aryl methyl sites for hydroxylation is 1. The van der Waals surface area contributed by atoms with Gasteiger partial charge in [0.15, 0.2) is 0 Å². The molecule has 1 aromatic carbocycles. The fourth-order valence-corrected chi connectivity index (χ4v) is 3.95. The Balaban J connectivity index is 0.00000117. The van der Waals surface area contributed by atoms with Gasteiger partial charge in [-0.2, -0.15) is 0 Å². The van der Waals surface area contributed by atoms with Crippen LogP contribution in [0.3, 0.4) is 0 Å². The van der Waals surface area contributed by atoms with Gasteiger partial charge in [0.25, 0.3) is 0 Å². The Morgan fingerprint density at radius 1 is 1.31 bits per heavy atom. The number of likely N-dealkylation sites (tertiary alicyclic amines) is 1. The van der Waals surface area contributed by atoms with Crippen LogP contribution in [-0.2, 0) is 11.8 Å². The van der Waals surface area contributed by atoms with Crippen LogP contribution in [0.5, 0.6) is 0 Å². The molecule has 1 aliphatic carbocycles. The summed E-state index contributed by atoms with van der Waals surface area (Å²) in [5, 5.41) is 2.05. The number of nitrogens with zero attached hydrogens (tertiary/aromatic N) is 4. The number of carbonyl (C=O) groups excluding carboxylic acids is 1. The van der Waals surface area contributed by atoms with Crippen LogP contribution in [-0.4, -0.2) is 46.0 Å². The van der Waals surface area contributed by atoms with E-state index in [9.17, 15) is 9.18 Å². The molecule has 5 nitrogen and oxygen atoms in total. The first kappa shape index (κ1) is 21.1. The summed E-state index contributed by atoms with van der Waals surface area (Å²) in [5.41, 5.74) is 1.21. The third-order valence-corrected chi connectivity index (χ3v) is 6.07. The van der Waals surface area contributed by atoms with Crippen LogP contribution >= 0.6 is 0 Å². The van der Waals surface area contributed by atoms with E-state index in [-0.39, 0.29) is 23.2 Å². The highest BCUT2D eigenvalue weighted by Gasteiger charge is 2.32. The second-order valence-corrected chi connectivity index (χ2v) is 7.93. The van der Waals surface area contributed by atoms with E-state index in [0.29, 0.717) is 18.8 Å². The summed E-state index contributed by atoms with van der Waals surface area (Å²) < 4.78 is 16.9. The molecule has 2 heterocycles. The molecule has 0 radical (unpaired) electrons. The number of hydrogen-bond donors (Lipinski definition) is 0. The summed E-state index contributed by atoms with van der Waals surface area (Å²) in [7, 11) is 3.91. The topological polar surface area (TPSA) is 41.4 Å². The summed E-state index contributed by atoms with van der Waals surface area (Å²) >= 11 is 0. The molecule has 29 heavy (non-hydrogen) atoms. The highest BCUT2D eigenvalue weighted by atomic mass is 19.1. The number of amides is 1. The molecule has 1 unspecified atom stereocenters. The van der Waals surface area contributed by atoms with E-state index in [1.165, 1.54) is 0 Å². The molecule has 0 N–H and O–H groups in total. The lowest BCUT2D eigenvalue weighted by atomic mass is 9.89. The van der Waals surface area contributed by atoms with E-state index >= 15 is 0 Å². The zero-order valence-corrected chi connectivity index (χ0v) is 18.2. The van der Waals surface area contributed by atoms with Crippen molar-refractivity contribution in [1.82, 2.24) is 14.5 Å². The normalized spacial score (nSPS) is 20.4. The molecule has 1 atom stereocenters. The van der Waals surface area contributed by atoms with Gasteiger partial charge in [0, 0.05) is 40.0 Å². The maximum absolute atomic E-state index is 15.0. The number of anilines is 1. The average Bonchev–Trinajstić information content (AvgIpc) is 3.01. The van der Waals surface area contributed by atoms with Crippen molar-refractivity contribution in [3.05, 3.63) is 46.6 Å². The molecule has 1 fully saturated rings. The molecular formula is C23H31FN4O. The average molecular weight is 399 g/mol. The first-order valence-electron chi connectivity index (χ1n) is 10.3. The highest BCUT2D eigenvalue weighted by molar-refractivity contribution is 5.74. The van der Waals surface area contributed by atoms with E-state index in [1.54, 1.807) is 17.9 Å². The Bertz CT molecular complexity index is 1020. The van der Waals surface area contributed by atoms with E-state index in [0.717, 1.165) is 22.7 Å². The van der Waals surface area contributed by atoms with Crippen LogP contribution in [0.25, 0.3) is 12.2 Å². The minimum absolute atomic E-state index is 0.0784. The molecule has 4 rings (SSSR count). The second kappa shape index (κ2) is 8.01. The van der Waals surface area contributed by atoms with Gasteiger partial charge in [0.1, 0.15) is 5.82 Å². The minimum atomic E-state index is -0.328. The number of fused-ring (bicyclic) bond motifs is 1. The SMILES string of the molecule is CC.CC(=O)N1CC(c2ccc(N(C)C3(C)C=c4c(ncn4C)=CC3)c(F)c2)C1. The van der Waals surface area contributed by atoms with Gasteiger partial charge in [0.2, 0.25) is 5.91 Å². The molecule has 1 aliphatic heterocycles. The Morgan fingerprint density at radius 2 is 2.00 bits per heavy atom. The lowest BCUT2D eigenvalue weighted by Gasteiger charge is -2.40. The number of aromatic nitrogens is 2. The first-order valence-corrected chi connectivity index (χ1v) is 10.3. The molecule has 6 heteroatoms. The van der Waals surface area contributed by atoms with E-state index in [4.69, 9.17) is 0 Å². The number of hydrogen-bond acceptors (Lipinski definition) is 3. The highest BCUT2D eigenvalue weighted by Crippen LogP contribution is 2.33. The maximum atomic E-state index is 15.0. The molecule has 0 spiro atoms. The third kappa shape index (κ3) is 3.80. The zero-order chi connectivity index (χ0) is 21.3. The van der Waals surface area contributed by atoms with E-state index in [2.05, 4.69) is 24.1 Å². The van der Waals surface area contributed by atoms with Crippen LogP contribution in [0.1, 0.15) is 45.6 Å². The molecule has 0 bridgehead atoms. The maximum Gasteiger partial charge on any atom is 0.219 e. The summed E-state index contributed by atoms with van der Waals surface area (Å²) in [6.45, 7) is 9.03. The number of rotatable bonds is 3. The molecule has 156 valence electrons. The van der Waals surface area contributed by atoms with Crippen molar-refractivity contribution in [3.8, 4) is 0 Å². The monoisotopic (exact) mass is 398 g/mol. The van der Waals surface area contributed by atoms with Crippen molar-refractivity contribution in [1.29, 1.82) is 0 Å². The number of imidazole rings is 1. The van der Waals surface area contributed by atoms with Gasteiger partial charge in [0.05, 0.1) is 28.3 Å². The van der Waals surface area contributed by atoms with Crippen LogP contribution in [0.2, 0.25) is 0 Å². The number of halogens is 1. The molecule has 2 aliphatic rings. The van der Waals surface area contributed by atoms with Crippen molar-refractivity contribution in [2.24, 2.45) is 7.05 Å². The smallest absolute Gasteiger partial charge is 0.219 e. The summed E-state index contributed by atoms with van der Waals surface area (Å²) in [5.74, 6) is 0.0845. The van der Waals surface area contributed by atoms with Crippen LogP contribution < -0.4 is 15.6 Å². The van der Waals surface area contributed by atoms with Crippen LogP contribution in [0.4, 0.5) is 10.1 Å². The van der Waals surface area contributed by atoms with Crippen molar-refractivity contribution in [2.75, 3.05) is 25.0 Å². The zero-order valence-electron chi connectivity index (χ0n) is 18.2. The van der Waals surface area contributed by atoms with Crippen LogP contribution in [0.15, 0.2) is 24.5 Å². The van der Waals surface area contributed by atoms with Gasteiger partial charge in [-0.25, -0.2) is 9.37 Å². The third-order valence-electron chi connectivity index (χ3n) is 6.07. The standard InChI is InChI=1S/C21H25FN4O.C2H6/c1-14(27)26-11-16(12-26)15-5-6-19(17(22)9-15)25(4)21(2)8-7-18-20(10-21)24(3)13-23-18;1-2/h5-7,9-10,13,16H,8,11-12H2,1-4H3;1-2H3. The Morgan fingerprint density at radius 3 is 2.62 bits per heavy atom. The van der Waals surface area contributed by atoms with Crippen molar-refractivity contribution >= 4 is 23.7 Å². The van der Waals surface area contributed by atoms with E-state index in [1.807, 2.05) is 55.9 Å². The first-order chi connectivity index (χ1) is 13.8. The summed E-state index contributed by atoms with van der Waals surface area (Å²) in [6, 6.07) is 5.47. The van der Waals surface area contributed by atoms with Crippen molar-refractivity contribution in [3.63, 3.8) is 0 Å². The fourth-order valence-electron chi connectivity index (χ4n) is 3.95. The van der Waals surface area contributed by atoms with E-state index < -0.39 is 0 Å². The lowest BCUT2D eigenvalue weighted by Crippen LogP contribution is -2.49. The Kier molecular flexibility index (Phi) is 5.82. The summed E-state index contributed by atoms with van der Waals surface area (Å²) in [6.07, 6.45) is 6.86. The summed E-state index contributed by atoms with van der Waals surface area (Å²) in [4.78, 5) is 19.5. The molecule has 1 aromatic heterocycles. The van der Waals surface area contributed by atoms with Gasteiger partial charge >= 0.3 is 0 Å². The molecule has 1 amide bonds. The minimum Gasteiger partial charge on any atom is -0.363 e. The van der Waals surface area contributed by atoms with Gasteiger partial charge < -0.3 is 14.4 Å². The molecule has 2 aromatic rings. The van der Waals surface area contributed by atoms with Crippen molar-refractivity contribution in [2.45, 2.75) is 45.6 Å². The van der Waals surface area contributed by atoms with Gasteiger partial charge in [-0.1, -0.05) is 26.0 Å².